The molecular weight excluding hydrogens is 268 g/mol. The molecule has 1 rings (SSSR count). The Labute approximate surface area is 116 Å². The van der Waals surface area contributed by atoms with Crippen LogP contribution in [0.3, 0.4) is 0 Å². The highest BCUT2D eigenvalue weighted by Crippen LogP contribution is 2.10. The molecule has 0 bridgehead atoms. The van der Waals surface area contributed by atoms with Crippen molar-refractivity contribution in [3.05, 3.63) is 35.4 Å². The van der Waals surface area contributed by atoms with Crippen LogP contribution in [0.1, 0.15) is 18.9 Å². The number of ether oxygens (including phenoxy) is 1. The van der Waals surface area contributed by atoms with Crippen LogP contribution < -0.4 is 0 Å². The average molecular weight is 285 g/mol. The summed E-state index contributed by atoms with van der Waals surface area (Å²) < 4.78 is 30.3. The summed E-state index contributed by atoms with van der Waals surface area (Å²) in [6, 6.07) is 3.36. The quantitative estimate of drug-likeness (QED) is 0.750. The summed E-state index contributed by atoms with van der Waals surface area (Å²) in [5, 5.41) is 0. The first-order chi connectivity index (χ1) is 9.47. The summed E-state index contributed by atoms with van der Waals surface area (Å²) in [5.74, 6) is -2.57. The van der Waals surface area contributed by atoms with Crippen LogP contribution in [0.4, 0.5) is 8.78 Å². The van der Waals surface area contributed by atoms with Gasteiger partial charge in [0.15, 0.2) is 11.6 Å². The zero-order valence-electron chi connectivity index (χ0n) is 11.5. The number of rotatable bonds is 6. The summed E-state index contributed by atoms with van der Waals surface area (Å²) in [4.78, 5) is 24.5. The van der Waals surface area contributed by atoms with E-state index in [0.29, 0.717) is 12.1 Å². The first-order valence-corrected chi connectivity index (χ1v) is 6.26. The van der Waals surface area contributed by atoms with E-state index in [1.165, 1.54) is 18.1 Å². The molecule has 0 heterocycles. The van der Waals surface area contributed by atoms with Gasteiger partial charge in [0, 0.05) is 13.1 Å². The molecule has 0 saturated carbocycles. The van der Waals surface area contributed by atoms with Crippen molar-refractivity contribution < 1.29 is 23.1 Å². The van der Waals surface area contributed by atoms with Crippen molar-refractivity contribution in [3.8, 4) is 0 Å². The lowest BCUT2D eigenvalue weighted by molar-refractivity contribution is -0.141. The van der Waals surface area contributed by atoms with Crippen molar-refractivity contribution in [1.29, 1.82) is 0 Å². The number of halogens is 2. The predicted molar refractivity (Wildman–Crippen MR) is 68.9 cm³/mol. The minimum absolute atomic E-state index is 0.0355. The van der Waals surface area contributed by atoms with Crippen molar-refractivity contribution in [2.45, 2.75) is 19.8 Å². The third kappa shape index (κ3) is 4.60. The standard InChI is InChI=1S/C14H17F2NO3/c1-3-17(7-6-14(19)20-2)13(18)9-10-4-5-11(15)12(16)8-10/h4-5,8H,3,6-7,9H2,1-2H3. The second-order valence-corrected chi connectivity index (χ2v) is 4.22. The SMILES string of the molecule is CCN(CCC(=O)OC)C(=O)Cc1ccc(F)c(F)c1. The average Bonchev–Trinajstić information content (AvgIpc) is 2.43. The van der Waals surface area contributed by atoms with Crippen LogP contribution in [0.2, 0.25) is 0 Å². The van der Waals surface area contributed by atoms with Crippen molar-refractivity contribution in [3.63, 3.8) is 0 Å². The molecule has 0 saturated heterocycles. The minimum atomic E-state index is -0.979. The molecule has 0 aliphatic carbocycles. The Kier molecular flexibility index (Phi) is 6.09. The third-order valence-corrected chi connectivity index (χ3v) is 2.89. The fraction of sp³-hybridized carbons (Fsp3) is 0.429. The fourth-order valence-corrected chi connectivity index (χ4v) is 1.72. The molecule has 4 nitrogen and oxygen atoms in total. The minimum Gasteiger partial charge on any atom is -0.469 e. The molecule has 0 atom stereocenters. The second kappa shape index (κ2) is 7.57. The van der Waals surface area contributed by atoms with E-state index in [1.54, 1.807) is 6.92 Å². The van der Waals surface area contributed by atoms with Gasteiger partial charge in [-0.25, -0.2) is 8.78 Å². The first kappa shape index (κ1) is 16.1. The second-order valence-electron chi connectivity index (χ2n) is 4.22. The molecule has 0 radical (unpaired) electrons. The van der Waals surface area contributed by atoms with Gasteiger partial charge < -0.3 is 9.64 Å². The summed E-state index contributed by atoms with van der Waals surface area (Å²) in [6.07, 6.45) is 0.0695. The number of carbonyl (C=O) groups excluding carboxylic acids is 2. The Balaban J connectivity index is 2.62. The van der Waals surface area contributed by atoms with E-state index >= 15 is 0 Å². The van der Waals surface area contributed by atoms with E-state index in [0.717, 1.165) is 12.1 Å². The Bertz CT molecular complexity index is 491. The number of carbonyl (C=O) groups is 2. The molecule has 0 aromatic heterocycles. The molecule has 6 heteroatoms. The molecule has 0 unspecified atom stereocenters. The molecule has 1 aromatic carbocycles. The van der Waals surface area contributed by atoms with Crippen LogP contribution in [-0.2, 0) is 20.7 Å². The largest absolute Gasteiger partial charge is 0.469 e. The number of benzene rings is 1. The molecule has 0 N–H and O–H groups in total. The maximum absolute atomic E-state index is 13.1. The van der Waals surface area contributed by atoms with Crippen molar-refractivity contribution in [2.75, 3.05) is 20.2 Å². The zero-order valence-corrected chi connectivity index (χ0v) is 11.5. The highest BCUT2D eigenvalue weighted by Gasteiger charge is 2.15. The maximum Gasteiger partial charge on any atom is 0.307 e. The van der Waals surface area contributed by atoms with Crippen LogP contribution in [-0.4, -0.2) is 37.0 Å². The molecular formula is C14H17F2NO3. The first-order valence-electron chi connectivity index (χ1n) is 6.26. The number of likely N-dealkylation sites (N-methyl/N-ethyl adjacent to an activating group) is 1. The van der Waals surface area contributed by atoms with Gasteiger partial charge in [-0.2, -0.15) is 0 Å². The van der Waals surface area contributed by atoms with Gasteiger partial charge in [0.2, 0.25) is 5.91 Å². The lowest BCUT2D eigenvalue weighted by Crippen LogP contribution is -2.34. The Morgan fingerprint density at radius 3 is 2.50 bits per heavy atom. The van der Waals surface area contributed by atoms with Gasteiger partial charge in [0.1, 0.15) is 0 Å². The number of nitrogens with zero attached hydrogens (tertiary/aromatic N) is 1. The fourth-order valence-electron chi connectivity index (χ4n) is 1.72. The topological polar surface area (TPSA) is 46.6 Å². The Morgan fingerprint density at radius 2 is 1.95 bits per heavy atom. The van der Waals surface area contributed by atoms with Crippen molar-refractivity contribution in [2.24, 2.45) is 0 Å². The molecule has 110 valence electrons. The van der Waals surface area contributed by atoms with Gasteiger partial charge >= 0.3 is 5.97 Å². The molecule has 20 heavy (non-hydrogen) atoms. The molecule has 0 aliphatic rings. The molecule has 0 spiro atoms. The monoisotopic (exact) mass is 285 g/mol. The number of hydrogen-bond acceptors (Lipinski definition) is 3. The third-order valence-electron chi connectivity index (χ3n) is 2.89. The van der Waals surface area contributed by atoms with Crippen LogP contribution in [0.15, 0.2) is 18.2 Å². The normalized spacial score (nSPS) is 10.2. The number of hydrogen-bond donors (Lipinski definition) is 0. The van der Waals surface area contributed by atoms with E-state index in [9.17, 15) is 18.4 Å². The highest BCUT2D eigenvalue weighted by molar-refractivity contribution is 5.79. The summed E-state index contributed by atoms with van der Waals surface area (Å²) in [6.45, 7) is 2.45. The molecule has 1 amide bonds. The maximum atomic E-state index is 13.1. The van der Waals surface area contributed by atoms with Crippen LogP contribution in [0.5, 0.6) is 0 Å². The van der Waals surface area contributed by atoms with Gasteiger partial charge in [-0.05, 0) is 24.6 Å². The number of amides is 1. The molecule has 0 aliphatic heterocycles. The molecule has 1 aromatic rings. The summed E-state index contributed by atoms with van der Waals surface area (Å²) in [5.41, 5.74) is 0.394. The van der Waals surface area contributed by atoms with E-state index < -0.39 is 17.6 Å². The van der Waals surface area contributed by atoms with Gasteiger partial charge in [0.05, 0.1) is 20.0 Å². The summed E-state index contributed by atoms with van der Waals surface area (Å²) in [7, 11) is 1.28. The van der Waals surface area contributed by atoms with Gasteiger partial charge in [-0.3, -0.25) is 9.59 Å². The van der Waals surface area contributed by atoms with Crippen LogP contribution >= 0.6 is 0 Å². The van der Waals surface area contributed by atoms with Gasteiger partial charge in [-0.1, -0.05) is 6.07 Å². The van der Waals surface area contributed by atoms with Gasteiger partial charge in [-0.15, -0.1) is 0 Å². The van der Waals surface area contributed by atoms with Crippen molar-refractivity contribution in [1.82, 2.24) is 4.90 Å². The molecule has 0 fully saturated rings. The lowest BCUT2D eigenvalue weighted by Gasteiger charge is -2.20. The lowest BCUT2D eigenvalue weighted by atomic mass is 10.1. The number of methoxy groups -OCH3 is 1. The van der Waals surface area contributed by atoms with Crippen LogP contribution in [0, 0.1) is 11.6 Å². The van der Waals surface area contributed by atoms with Gasteiger partial charge in [0.25, 0.3) is 0 Å². The van der Waals surface area contributed by atoms with E-state index in [2.05, 4.69) is 4.74 Å². The smallest absolute Gasteiger partial charge is 0.307 e. The Morgan fingerprint density at radius 1 is 1.25 bits per heavy atom. The van der Waals surface area contributed by atoms with E-state index in [4.69, 9.17) is 0 Å². The van der Waals surface area contributed by atoms with Crippen molar-refractivity contribution >= 4 is 11.9 Å². The Hall–Kier alpha value is -1.98. The van der Waals surface area contributed by atoms with Crippen LogP contribution in [0.25, 0.3) is 0 Å². The van der Waals surface area contributed by atoms with E-state index in [1.807, 2.05) is 0 Å². The predicted octanol–water partition coefficient (Wildman–Crippen LogP) is 1.92. The summed E-state index contributed by atoms with van der Waals surface area (Å²) >= 11 is 0. The zero-order chi connectivity index (χ0) is 15.1. The van der Waals surface area contributed by atoms with E-state index in [-0.39, 0.29) is 25.3 Å². The highest BCUT2D eigenvalue weighted by atomic mass is 19.2. The number of esters is 1.